The van der Waals surface area contributed by atoms with Crippen molar-refractivity contribution >= 4 is 23.7 Å². The fraction of sp³-hybridized carbons (Fsp3) is 0.583. The van der Waals surface area contributed by atoms with Crippen molar-refractivity contribution in [2.45, 2.75) is 75.5 Å². The molecule has 1 aromatic rings. The summed E-state index contributed by atoms with van der Waals surface area (Å²) in [4.78, 5) is 54.8. The Morgan fingerprint density at radius 2 is 1.88 bits per heavy atom. The molecule has 2 aliphatic heterocycles. The van der Waals surface area contributed by atoms with Gasteiger partial charge in [0, 0.05) is 25.4 Å². The zero-order valence-electron chi connectivity index (χ0n) is 18.9. The second kappa shape index (κ2) is 9.03. The molecule has 2 saturated heterocycles. The van der Waals surface area contributed by atoms with Crippen LogP contribution in [0.2, 0.25) is 0 Å². The number of carbonyl (C=O) groups excluding carboxylic acids is 4. The maximum absolute atomic E-state index is 13.6. The Labute approximate surface area is 195 Å². The number of piperidine rings is 1. The average molecular weight is 480 g/mol. The molecular formula is C24H27F3N2O5. The van der Waals surface area contributed by atoms with Crippen molar-refractivity contribution in [1.29, 1.82) is 0 Å². The van der Waals surface area contributed by atoms with Crippen LogP contribution in [0.5, 0.6) is 0 Å². The molecule has 2 heterocycles. The largest absolute Gasteiger partial charge is 0.464 e. The molecule has 3 aliphatic rings. The normalized spacial score (nSPS) is 25.6. The van der Waals surface area contributed by atoms with Crippen molar-refractivity contribution in [3.8, 4) is 0 Å². The molecule has 2 atom stereocenters. The molecule has 0 aromatic heterocycles. The lowest BCUT2D eigenvalue weighted by molar-refractivity contribution is -0.157. The minimum atomic E-state index is -4.65. The number of carbonyl (C=O) groups is 4. The van der Waals surface area contributed by atoms with E-state index >= 15 is 0 Å². The van der Waals surface area contributed by atoms with Crippen molar-refractivity contribution in [2.24, 2.45) is 0 Å². The Balaban J connectivity index is 1.71. The van der Waals surface area contributed by atoms with Gasteiger partial charge in [0.05, 0.1) is 17.6 Å². The Morgan fingerprint density at radius 3 is 2.53 bits per heavy atom. The van der Waals surface area contributed by atoms with Gasteiger partial charge >= 0.3 is 12.1 Å². The molecule has 0 unspecified atom stereocenters. The third kappa shape index (κ3) is 4.42. The summed E-state index contributed by atoms with van der Waals surface area (Å²) in [6.45, 7) is 2.08. The number of rotatable bonds is 6. The first-order chi connectivity index (χ1) is 16.1. The molecule has 0 radical (unpaired) electrons. The van der Waals surface area contributed by atoms with Crippen molar-refractivity contribution < 1.29 is 37.1 Å². The molecular weight excluding hydrogens is 453 g/mol. The number of hydrogen-bond acceptors (Lipinski definition) is 5. The minimum Gasteiger partial charge on any atom is -0.464 e. The number of halogens is 3. The van der Waals surface area contributed by atoms with E-state index in [2.05, 4.69) is 0 Å². The lowest BCUT2D eigenvalue weighted by atomic mass is 9.75. The van der Waals surface area contributed by atoms with E-state index in [1.807, 2.05) is 0 Å². The number of hydrogen-bond donors (Lipinski definition) is 0. The number of alkyl halides is 3. The van der Waals surface area contributed by atoms with Gasteiger partial charge in [0.2, 0.25) is 17.7 Å². The highest BCUT2D eigenvalue weighted by atomic mass is 19.4. The molecule has 10 heteroatoms. The van der Waals surface area contributed by atoms with Crippen LogP contribution in [0.15, 0.2) is 24.3 Å². The number of ether oxygens (including phenoxy) is 1. The highest BCUT2D eigenvalue weighted by Gasteiger charge is 2.58. The van der Waals surface area contributed by atoms with Gasteiger partial charge in [0.1, 0.15) is 6.04 Å². The van der Waals surface area contributed by atoms with E-state index in [1.54, 1.807) is 6.92 Å². The van der Waals surface area contributed by atoms with Crippen LogP contribution in [0.1, 0.15) is 63.0 Å². The van der Waals surface area contributed by atoms with Gasteiger partial charge in [-0.2, -0.15) is 13.2 Å². The van der Waals surface area contributed by atoms with Gasteiger partial charge in [-0.1, -0.05) is 18.2 Å². The average Bonchev–Trinajstić information content (AvgIpc) is 3.59. The molecule has 3 fully saturated rings. The molecule has 3 amide bonds. The number of esters is 1. The zero-order valence-corrected chi connectivity index (χ0v) is 18.9. The van der Waals surface area contributed by atoms with Gasteiger partial charge < -0.3 is 9.64 Å². The standard InChI is InChI=1S/C24H27F3N2O5/c1-2-34-21(32)18-8-3-4-11-28(18)19(30)13-23(14-20(31)29(22(23)33)17-9-10-17)15-6-5-7-16(12-15)24(25,26)27/h5-7,12,17-18H,2-4,8-11,13-14H2,1H3/t18-,23-/m0/s1. The lowest BCUT2D eigenvalue weighted by Gasteiger charge is -2.36. The fourth-order valence-corrected chi connectivity index (χ4v) is 5.00. The second-order valence-corrected chi connectivity index (χ2v) is 9.17. The SMILES string of the molecule is CCOC(=O)[C@@H]1CCCCN1C(=O)C[C@@]1(c2cccc(C(F)(F)F)c2)CC(=O)N(C2CC2)C1=O. The first kappa shape index (κ1) is 24.2. The molecule has 34 heavy (non-hydrogen) atoms. The summed E-state index contributed by atoms with van der Waals surface area (Å²) in [5.41, 5.74) is -2.71. The predicted molar refractivity (Wildman–Crippen MR) is 113 cm³/mol. The second-order valence-electron chi connectivity index (χ2n) is 9.17. The fourth-order valence-electron chi connectivity index (χ4n) is 5.00. The molecule has 1 saturated carbocycles. The lowest BCUT2D eigenvalue weighted by Crippen LogP contribution is -2.51. The van der Waals surface area contributed by atoms with E-state index in [-0.39, 0.29) is 31.2 Å². The van der Waals surface area contributed by atoms with Gasteiger partial charge in [-0.15, -0.1) is 0 Å². The van der Waals surface area contributed by atoms with E-state index in [0.717, 1.165) is 23.5 Å². The molecule has 1 aromatic carbocycles. The molecule has 1 aliphatic carbocycles. The highest BCUT2D eigenvalue weighted by Crippen LogP contribution is 2.45. The summed E-state index contributed by atoms with van der Waals surface area (Å²) >= 11 is 0. The highest BCUT2D eigenvalue weighted by molar-refractivity contribution is 6.11. The van der Waals surface area contributed by atoms with Crippen LogP contribution in [0.3, 0.4) is 0 Å². The van der Waals surface area contributed by atoms with Crippen LogP contribution in [-0.4, -0.2) is 58.7 Å². The number of imide groups is 1. The Morgan fingerprint density at radius 1 is 1.15 bits per heavy atom. The smallest absolute Gasteiger partial charge is 0.416 e. The monoisotopic (exact) mass is 480 g/mol. The van der Waals surface area contributed by atoms with Crippen molar-refractivity contribution in [2.75, 3.05) is 13.2 Å². The van der Waals surface area contributed by atoms with Gasteiger partial charge in [-0.3, -0.25) is 19.3 Å². The molecule has 0 bridgehead atoms. The zero-order chi connectivity index (χ0) is 24.7. The van der Waals surface area contributed by atoms with Crippen LogP contribution < -0.4 is 0 Å². The number of nitrogens with zero attached hydrogens (tertiary/aromatic N) is 2. The quantitative estimate of drug-likeness (QED) is 0.461. The number of benzene rings is 1. The van der Waals surface area contributed by atoms with Crippen LogP contribution in [-0.2, 0) is 35.5 Å². The van der Waals surface area contributed by atoms with Crippen LogP contribution in [0.25, 0.3) is 0 Å². The number of amides is 3. The maximum Gasteiger partial charge on any atom is 0.416 e. The van der Waals surface area contributed by atoms with Crippen LogP contribution >= 0.6 is 0 Å². The topological polar surface area (TPSA) is 84.0 Å². The Hall–Kier alpha value is -2.91. The van der Waals surface area contributed by atoms with E-state index in [9.17, 15) is 32.3 Å². The molecule has 0 spiro atoms. The Kier molecular flexibility index (Phi) is 6.44. The summed E-state index contributed by atoms with van der Waals surface area (Å²) in [7, 11) is 0. The molecule has 4 rings (SSSR count). The third-order valence-electron chi connectivity index (χ3n) is 6.84. The molecule has 184 valence electrons. The van der Waals surface area contributed by atoms with Crippen molar-refractivity contribution in [3.63, 3.8) is 0 Å². The van der Waals surface area contributed by atoms with Gasteiger partial charge in [0.25, 0.3) is 0 Å². The van der Waals surface area contributed by atoms with Crippen LogP contribution in [0.4, 0.5) is 13.2 Å². The van der Waals surface area contributed by atoms with E-state index < -0.39 is 53.3 Å². The van der Waals surface area contributed by atoms with E-state index in [4.69, 9.17) is 4.74 Å². The number of likely N-dealkylation sites (tertiary alicyclic amines) is 2. The molecule has 0 N–H and O–H groups in total. The third-order valence-corrected chi connectivity index (χ3v) is 6.84. The van der Waals surface area contributed by atoms with Gasteiger partial charge in [0.15, 0.2) is 0 Å². The van der Waals surface area contributed by atoms with E-state index in [1.165, 1.54) is 17.0 Å². The summed E-state index contributed by atoms with van der Waals surface area (Å²) in [5.74, 6) is -2.22. The van der Waals surface area contributed by atoms with E-state index in [0.29, 0.717) is 25.7 Å². The minimum absolute atomic E-state index is 0.0122. The van der Waals surface area contributed by atoms with Gasteiger partial charge in [-0.05, 0) is 50.7 Å². The molecule has 7 nitrogen and oxygen atoms in total. The predicted octanol–water partition coefficient (Wildman–Crippen LogP) is 3.20. The summed E-state index contributed by atoms with van der Waals surface area (Å²) in [6.07, 6.45) is -2.46. The van der Waals surface area contributed by atoms with Crippen LogP contribution in [0, 0.1) is 0 Å². The maximum atomic E-state index is 13.6. The first-order valence-corrected chi connectivity index (χ1v) is 11.6. The van der Waals surface area contributed by atoms with Gasteiger partial charge in [-0.25, -0.2) is 4.79 Å². The van der Waals surface area contributed by atoms with Crippen molar-refractivity contribution in [1.82, 2.24) is 9.80 Å². The summed E-state index contributed by atoms with van der Waals surface area (Å²) in [5, 5.41) is 0. The first-order valence-electron chi connectivity index (χ1n) is 11.6. The summed E-state index contributed by atoms with van der Waals surface area (Å²) < 4.78 is 45.4. The van der Waals surface area contributed by atoms with Crippen molar-refractivity contribution in [3.05, 3.63) is 35.4 Å². The Bertz CT molecular complexity index is 1010. The summed E-state index contributed by atoms with van der Waals surface area (Å²) in [6, 6.07) is 3.21.